The van der Waals surface area contributed by atoms with Gasteiger partial charge in [0, 0.05) is 36.6 Å². The van der Waals surface area contributed by atoms with Gasteiger partial charge in [0.15, 0.2) is 0 Å². The molecule has 0 fully saturated rings. The Hall–Kier alpha value is -3.13. The van der Waals surface area contributed by atoms with E-state index >= 15 is 0 Å². The quantitative estimate of drug-likeness (QED) is 0.696. The first-order chi connectivity index (χ1) is 11.2. The summed E-state index contributed by atoms with van der Waals surface area (Å²) in [6.07, 6.45) is 5.52. The molecule has 2 heterocycles. The van der Waals surface area contributed by atoms with Gasteiger partial charge in [0.2, 0.25) is 6.54 Å². The number of aromatic nitrogens is 3. The van der Waals surface area contributed by atoms with E-state index in [1.807, 2.05) is 42.7 Å². The van der Waals surface area contributed by atoms with Crippen molar-refractivity contribution >= 4 is 0 Å². The van der Waals surface area contributed by atoms with Gasteiger partial charge in [-0.1, -0.05) is 30.3 Å². The van der Waals surface area contributed by atoms with E-state index in [-0.39, 0.29) is 5.56 Å². The van der Waals surface area contributed by atoms with Crippen molar-refractivity contribution in [3.63, 3.8) is 0 Å². The Kier molecular flexibility index (Phi) is 4.07. The molecule has 0 saturated heterocycles. The van der Waals surface area contributed by atoms with Crippen molar-refractivity contribution in [1.82, 2.24) is 14.3 Å². The lowest BCUT2D eigenvalue weighted by Crippen LogP contribution is -2.15. The summed E-state index contributed by atoms with van der Waals surface area (Å²) in [5.74, 6) is 0. The third-order valence-electron chi connectivity index (χ3n) is 3.70. The van der Waals surface area contributed by atoms with Crippen LogP contribution in [0.2, 0.25) is 0 Å². The minimum atomic E-state index is -0.0481. The van der Waals surface area contributed by atoms with Crippen LogP contribution in [0.1, 0.15) is 0 Å². The Labute approximate surface area is 134 Å². The zero-order valence-electron chi connectivity index (χ0n) is 12.8. The van der Waals surface area contributed by atoms with Crippen molar-refractivity contribution < 1.29 is 0 Å². The second-order valence-electron chi connectivity index (χ2n) is 5.29. The number of benzene rings is 1. The van der Waals surface area contributed by atoms with Crippen molar-refractivity contribution in [1.29, 1.82) is 0 Å². The van der Waals surface area contributed by atoms with Crippen LogP contribution in [-0.2, 0) is 13.6 Å². The van der Waals surface area contributed by atoms with E-state index in [4.69, 9.17) is 6.57 Å². The summed E-state index contributed by atoms with van der Waals surface area (Å²) in [6.45, 7) is 7.83. The number of aryl methyl sites for hydroxylation is 1. The molecule has 3 rings (SSSR count). The molecule has 0 radical (unpaired) electrons. The zero-order valence-corrected chi connectivity index (χ0v) is 12.8. The zero-order chi connectivity index (χ0) is 16.2. The summed E-state index contributed by atoms with van der Waals surface area (Å²) in [4.78, 5) is 15.4. The second-order valence-corrected chi connectivity index (χ2v) is 5.29. The van der Waals surface area contributed by atoms with E-state index in [9.17, 15) is 4.79 Å². The van der Waals surface area contributed by atoms with Crippen LogP contribution < -0.4 is 5.56 Å². The lowest BCUT2D eigenvalue weighted by molar-refractivity contribution is 0.648. The molecule has 1 aromatic carbocycles. The van der Waals surface area contributed by atoms with Crippen LogP contribution in [0.5, 0.6) is 0 Å². The molecule has 23 heavy (non-hydrogen) atoms. The predicted octanol–water partition coefficient (Wildman–Crippen LogP) is 2.84. The number of pyridine rings is 1. The predicted molar refractivity (Wildman–Crippen MR) is 89.8 cm³/mol. The molecule has 0 saturated carbocycles. The molecule has 114 valence electrons. The number of nitrogens with zero attached hydrogens (tertiary/aromatic N) is 4. The molecule has 0 spiro atoms. The molecule has 0 N–H and O–H groups in total. The van der Waals surface area contributed by atoms with Gasteiger partial charge < -0.3 is 9.41 Å². The van der Waals surface area contributed by atoms with Crippen molar-refractivity contribution in [3.05, 3.63) is 76.8 Å². The van der Waals surface area contributed by atoms with Gasteiger partial charge in [-0.05, 0) is 11.1 Å². The molecule has 5 nitrogen and oxygen atoms in total. The Morgan fingerprint density at radius 2 is 1.91 bits per heavy atom. The first-order valence-corrected chi connectivity index (χ1v) is 7.31. The van der Waals surface area contributed by atoms with Crippen LogP contribution in [0.15, 0.2) is 59.8 Å². The highest BCUT2D eigenvalue weighted by atomic mass is 16.1. The molecule has 0 amide bonds. The second kappa shape index (κ2) is 6.32. The number of rotatable bonds is 4. The number of hydrogen-bond acceptors (Lipinski definition) is 2. The minimum absolute atomic E-state index is 0.0481. The molecule has 0 aliphatic carbocycles. The summed E-state index contributed by atoms with van der Waals surface area (Å²) in [5, 5.41) is 4.30. The van der Waals surface area contributed by atoms with Gasteiger partial charge in [0.05, 0.1) is 6.20 Å². The van der Waals surface area contributed by atoms with Gasteiger partial charge in [-0.15, -0.1) is 0 Å². The molecule has 0 unspecified atom stereocenters. The van der Waals surface area contributed by atoms with Crippen molar-refractivity contribution in [2.75, 3.05) is 6.54 Å². The van der Waals surface area contributed by atoms with Crippen LogP contribution in [0, 0.1) is 6.57 Å². The SMILES string of the molecule is [C-]#[N+]CCn1cc(-c2cn(C)c(=O)cc2-c2ccccc2)cn1. The van der Waals surface area contributed by atoms with Crippen LogP contribution in [0.3, 0.4) is 0 Å². The highest BCUT2D eigenvalue weighted by Gasteiger charge is 2.12. The summed E-state index contributed by atoms with van der Waals surface area (Å²) < 4.78 is 3.32. The Morgan fingerprint density at radius 3 is 2.65 bits per heavy atom. The third-order valence-corrected chi connectivity index (χ3v) is 3.70. The average molecular weight is 304 g/mol. The summed E-state index contributed by atoms with van der Waals surface area (Å²) in [7, 11) is 1.74. The van der Waals surface area contributed by atoms with E-state index in [2.05, 4.69) is 9.94 Å². The van der Waals surface area contributed by atoms with Gasteiger partial charge in [-0.25, -0.2) is 6.57 Å². The van der Waals surface area contributed by atoms with E-state index in [1.54, 1.807) is 28.6 Å². The first-order valence-electron chi connectivity index (χ1n) is 7.31. The Morgan fingerprint density at radius 1 is 1.13 bits per heavy atom. The summed E-state index contributed by atoms with van der Waals surface area (Å²) in [6, 6.07) is 11.5. The van der Waals surface area contributed by atoms with Crippen molar-refractivity contribution in [2.45, 2.75) is 6.54 Å². The molecule has 3 aromatic rings. The lowest BCUT2D eigenvalue weighted by Gasteiger charge is -2.10. The third kappa shape index (κ3) is 3.06. The van der Waals surface area contributed by atoms with Gasteiger partial charge in [-0.3, -0.25) is 9.48 Å². The molecule has 5 heteroatoms. The molecule has 0 aliphatic heterocycles. The Balaban J connectivity index is 2.11. The molecule has 0 atom stereocenters. The molecule has 0 bridgehead atoms. The van der Waals surface area contributed by atoms with Gasteiger partial charge in [0.1, 0.15) is 6.54 Å². The van der Waals surface area contributed by atoms with Crippen LogP contribution >= 0.6 is 0 Å². The fourth-order valence-corrected chi connectivity index (χ4v) is 2.49. The topological polar surface area (TPSA) is 44.2 Å². The summed E-state index contributed by atoms with van der Waals surface area (Å²) in [5.41, 5.74) is 3.72. The maximum absolute atomic E-state index is 12.1. The van der Waals surface area contributed by atoms with Crippen LogP contribution in [-0.4, -0.2) is 20.9 Å². The van der Waals surface area contributed by atoms with E-state index in [0.717, 1.165) is 22.3 Å². The van der Waals surface area contributed by atoms with Crippen LogP contribution in [0.25, 0.3) is 27.1 Å². The minimum Gasteiger partial charge on any atom is -0.318 e. The molecule has 2 aromatic heterocycles. The van der Waals surface area contributed by atoms with Gasteiger partial charge in [-0.2, -0.15) is 5.10 Å². The fraction of sp³-hybridized carbons (Fsp3) is 0.167. The van der Waals surface area contributed by atoms with Gasteiger partial charge >= 0.3 is 0 Å². The maximum atomic E-state index is 12.1. The van der Waals surface area contributed by atoms with Crippen molar-refractivity contribution in [3.8, 4) is 22.3 Å². The summed E-state index contributed by atoms with van der Waals surface area (Å²) >= 11 is 0. The molecular formula is C18H16N4O. The smallest absolute Gasteiger partial charge is 0.250 e. The highest BCUT2D eigenvalue weighted by Crippen LogP contribution is 2.30. The fourth-order valence-electron chi connectivity index (χ4n) is 2.49. The van der Waals surface area contributed by atoms with E-state index in [0.29, 0.717) is 13.1 Å². The maximum Gasteiger partial charge on any atom is 0.250 e. The standard InChI is InChI=1S/C18H16N4O/c1-19-8-9-22-12-15(11-20-22)17-13-21(2)18(23)10-16(17)14-6-4-3-5-7-14/h3-7,10-13H,8-9H2,2H3. The average Bonchev–Trinajstić information content (AvgIpc) is 3.04. The largest absolute Gasteiger partial charge is 0.318 e. The van der Waals surface area contributed by atoms with E-state index < -0.39 is 0 Å². The number of hydrogen-bond donors (Lipinski definition) is 0. The highest BCUT2D eigenvalue weighted by molar-refractivity contribution is 5.82. The van der Waals surface area contributed by atoms with Gasteiger partial charge in [0.25, 0.3) is 5.56 Å². The van der Waals surface area contributed by atoms with E-state index in [1.165, 1.54) is 0 Å². The molecular weight excluding hydrogens is 288 g/mol. The first kappa shape index (κ1) is 14.8. The Bertz CT molecular complexity index is 916. The lowest BCUT2D eigenvalue weighted by atomic mass is 9.98. The normalized spacial score (nSPS) is 10.4. The monoisotopic (exact) mass is 304 g/mol. The van der Waals surface area contributed by atoms with Crippen molar-refractivity contribution in [2.24, 2.45) is 7.05 Å². The molecule has 0 aliphatic rings. The van der Waals surface area contributed by atoms with Crippen LogP contribution in [0.4, 0.5) is 0 Å².